The van der Waals surface area contributed by atoms with Crippen molar-refractivity contribution in [2.24, 2.45) is 0 Å². The summed E-state index contributed by atoms with van der Waals surface area (Å²) in [5.41, 5.74) is 1.50. The van der Waals surface area contributed by atoms with Crippen LogP contribution in [0.25, 0.3) is 0 Å². The Morgan fingerprint density at radius 2 is 1.79 bits per heavy atom. The second-order valence-corrected chi connectivity index (χ2v) is 5.67. The second kappa shape index (κ2) is 7.93. The molecule has 0 spiro atoms. The summed E-state index contributed by atoms with van der Waals surface area (Å²) in [6.07, 6.45) is -0.684. The Balaban J connectivity index is 2.11. The van der Waals surface area contributed by atoms with Crippen LogP contribution in [-0.4, -0.2) is 26.2 Å². The molecule has 1 atom stereocenters. The first-order valence-corrected chi connectivity index (χ1v) is 7.78. The van der Waals surface area contributed by atoms with Crippen LogP contribution in [0.3, 0.4) is 0 Å². The van der Waals surface area contributed by atoms with Gasteiger partial charge in [0.15, 0.2) is 17.6 Å². The van der Waals surface area contributed by atoms with E-state index in [0.29, 0.717) is 28.0 Å². The van der Waals surface area contributed by atoms with Gasteiger partial charge in [0.25, 0.3) is 5.91 Å². The molecular weight excluding hydrogens is 330 g/mol. The Morgan fingerprint density at radius 3 is 2.42 bits per heavy atom. The average Bonchev–Trinajstić information content (AvgIpc) is 2.56. The number of hydrogen-bond acceptors (Lipinski definition) is 4. The Kier molecular flexibility index (Phi) is 5.93. The highest BCUT2D eigenvalue weighted by Gasteiger charge is 2.17. The Hall–Kier alpha value is -2.40. The van der Waals surface area contributed by atoms with E-state index >= 15 is 0 Å². The average molecular weight is 350 g/mol. The number of rotatable bonds is 6. The van der Waals surface area contributed by atoms with Crippen molar-refractivity contribution < 1.29 is 19.0 Å². The molecule has 1 amide bonds. The van der Waals surface area contributed by atoms with Crippen LogP contribution in [-0.2, 0) is 4.79 Å². The molecule has 0 aliphatic carbocycles. The molecule has 0 heterocycles. The number of aryl methyl sites for hydroxylation is 1. The van der Waals surface area contributed by atoms with Gasteiger partial charge in [0, 0.05) is 16.8 Å². The van der Waals surface area contributed by atoms with Crippen molar-refractivity contribution in [3.8, 4) is 17.2 Å². The normalized spacial score (nSPS) is 11.5. The number of nitrogens with one attached hydrogen (secondary N) is 1. The lowest BCUT2D eigenvalue weighted by atomic mass is 10.1. The van der Waals surface area contributed by atoms with E-state index < -0.39 is 6.10 Å². The van der Waals surface area contributed by atoms with Crippen LogP contribution in [0.5, 0.6) is 17.2 Å². The van der Waals surface area contributed by atoms with Crippen molar-refractivity contribution in [2.45, 2.75) is 20.0 Å². The minimum Gasteiger partial charge on any atom is -0.493 e. The van der Waals surface area contributed by atoms with Gasteiger partial charge in [0.2, 0.25) is 0 Å². The molecule has 6 heteroatoms. The number of carbonyl (C=O) groups excluding carboxylic acids is 1. The fourth-order valence-corrected chi connectivity index (χ4v) is 2.33. The predicted molar refractivity (Wildman–Crippen MR) is 94.5 cm³/mol. The van der Waals surface area contributed by atoms with E-state index in [4.69, 9.17) is 25.8 Å². The second-order valence-electron chi connectivity index (χ2n) is 5.23. The van der Waals surface area contributed by atoms with Crippen molar-refractivity contribution in [3.05, 3.63) is 47.0 Å². The third kappa shape index (κ3) is 4.32. The predicted octanol–water partition coefficient (Wildman–Crippen LogP) is 4.07. The number of halogens is 1. The number of hydrogen-bond donors (Lipinski definition) is 1. The van der Waals surface area contributed by atoms with Gasteiger partial charge in [-0.05, 0) is 43.7 Å². The SMILES string of the molecule is COc1cc(C)c(NC(=O)[C@@H](C)Oc2cccc(Cl)c2)cc1OC. The third-order valence-corrected chi connectivity index (χ3v) is 3.70. The maximum Gasteiger partial charge on any atom is 0.265 e. The van der Waals surface area contributed by atoms with E-state index in [2.05, 4.69) is 5.32 Å². The standard InChI is InChI=1S/C18H20ClNO4/c1-11-8-16(22-3)17(23-4)10-15(11)20-18(21)12(2)24-14-7-5-6-13(19)9-14/h5-10,12H,1-4H3,(H,20,21)/t12-/m1/s1. The molecule has 0 aliphatic rings. The van der Waals surface area contributed by atoms with E-state index in [1.807, 2.05) is 6.92 Å². The highest BCUT2D eigenvalue weighted by molar-refractivity contribution is 6.30. The number of methoxy groups -OCH3 is 2. The molecule has 2 aromatic rings. The molecule has 0 aromatic heterocycles. The lowest BCUT2D eigenvalue weighted by Crippen LogP contribution is -2.30. The molecule has 5 nitrogen and oxygen atoms in total. The molecule has 0 radical (unpaired) electrons. The monoisotopic (exact) mass is 349 g/mol. The van der Waals surface area contributed by atoms with Gasteiger partial charge in [-0.25, -0.2) is 0 Å². The molecule has 128 valence electrons. The van der Waals surface area contributed by atoms with Gasteiger partial charge >= 0.3 is 0 Å². The van der Waals surface area contributed by atoms with Gasteiger partial charge in [-0.3, -0.25) is 4.79 Å². The summed E-state index contributed by atoms with van der Waals surface area (Å²) in [7, 11) is 3.11. The Labute approximate surface area is 146 Å². The Bertz CT molecular complexity index is 733. The highest BCUT2D eigenvalue weighted by atomic mass is 35.5. The number of ether oxygens (including phenoxy) is 3. The van der Waals surface area contributed by atoms with Crippen LogP contribution in [0, 0.1) is 6.92 Å². The van der Waals surface area contributed by atoms with Gasteiger partial charge < -0.3 is 19.5 Å². The smallest absolute Gasteiger partial charge is 0.265 e. The summed E-state index contributed by atoms with van der Waals surface area (Å²) < 4.78 is 16.1. The molecule has 0 saturated heterocycles. The fraction of sp³-hybridized carbons (Fsp3) is 0.278. The van der Waals surface area contributed by atoms with E-state index in [9.17, 15) is 4.79 Å². The van der Waals surface area contributed by atoms with E-state index in [-0.39, 0.29) is 5.91 Å². The zero-order valence-electron chi connectivity index (χ0n) is 14.1. The lowest BCUT2D eigenvalue weighted by Gasteiger charge is -2.17. The fourth-order valence-electron chi connectivity index (χ4n) is 2.15. The first kappa shape index (κ1) is 17.9. The number of anilines is 1. The summed E-state index contributed by atoms with van der Waals surface area (Å²) in [6.45, 7) is 3.55. The number of benzene rings is 2. The van der Waals surface area contributed by atoms with Crippen molar-refractivity contribution in [3.63, 3.8) is 0 Å². The van der Waals surface area contributed by atoms with Crippen LogP contribution < -0.4 is 19.5 Å². The first-order chi connectivity index (χ1) is 11.4. The molecule has 2 rings (SSSR count). The summed E-state index contributed by atoms with van der Waals surface area (Å²) in [5.74, 6) is 1.41. The summed E-state index contributed by atoms with van der Waals surface area (Å²) in [4.78, 5) is 12.4. The first-order valence-electron chi connectivity index (χ1n) is 7.40. The van der Waals surface area contributed by atoms with Crippen molar-refractivity contribution in [1.29, 1.82) is 0 Å². The zero-order valence-corrected chi connectivity index (χ0v) is 14.8. The summed E-state index contributed by atoms with van der Waals surface area (Å²) in [6, 6.07) is 10.4. The van der Waals surface area contributed by atoms with E-state index in [1.165, 1.54) is 0 Å². The zero-order chi connectivity index (χ0) is 17.7. The highest BCUT2D eigenvalue weighted by Crippen LogP contribution is 2.33. The Morgan fingerprint density at radius 1 is 1.12 bits per heavy atom. The quantitative estimate of drug-likeness (QED) is 0.854. The summed E-state index contributed by atoms with van der Waals surface area (Å²) in [5, 5.41) is 3.39. The molecule has 2 aromatic carbocycles. The topological polar surface area (TPSA) is 56.8 Å². The van der Waals surface area contributed by atoms with Crippen LogP contribution in [0.2, 0.25) is 5.02 Å². The van der Waals surface area contributed by atoms with Crippen LogP contribution in [0.1, 0.15) is 12.5 Å². The molecule has 24 heavy (non-hydrogen) atoms. The number of amides is 1. The van der Waals surface area contributed by atoms with Crippen molar-refractivity contribution in [1.82, 2.24) is 0 Å². The van der Waals surface area contributed by atoms with Gasteiger partial charge in [-0.2, -0.15) is 0 Å². The molecule has 0 fully saturated rings. The third-order valence-electron chi connectivity index (χ3n) is 3.47. The van der Waals surface area contributed by atoms with Gasteiger partial charge in [-0.1, -0.05) is 17.7 Å². The van der Waals surface area contributed by atoms with E-state index in [0.717, 1.165) is 5.56 Å². The molecule has 0 unspecified atom stereocenters. The minimum atomic E-state index is -0.684. The van der Waals surface area contributed by atoms with Crippen molar-refractivity contribution in [2.75, 3.05) is 19.5 Å². The largest absolute Gasteiger partial charge is 0.493 e. The van der Waals surface area contributed by atoms with E-state index in [1.54, 1.807) is 57.5 Å². The van der Waals surface area contributed by atoms with Crippen molar-refractivity contribution >= 4 is 23.2 Å². The van der Waals surface area contributed by atoms with Gasteiger partial charge in [0.05, 0.1) is 14.2 Å². The van der Waals surface area contributed by atoms with Gasteiger partial charge in [0.1, 0.15) is 5.75 Å². The lowest BCUT2D eigenvalue weighted by molar-refractivity contribution is -0.122. The molecule has 0 bridgehead atoms. The molecule has 0 saturated carbocycles. The maximum absolute atomic E-state index is 12.4. The van der Waals surface area contributed by atoms with Gasteiger partial charge in [-0.15, -0.1) is 0 Å². The molecule has 0 aliphatic heterocycles. The summed E-state index contributed by atoms with van der Waals surface area (Å²) >= 11 is 5.91. The number of carbonyl (C=O) groups is 1. The maximum atomic E-state index is 12.4. The van der Waals surface area contributed by atoms with Crippen LogP contribution in [0.4, 0.5) is 5.69 Å². The van der Waals surface area contributed by atoms with Crippen LogP contribution >= 0.6 is 11.6 Å². The minimum absolute atomic E-state index is 0.273. The molecule has 1 N–H and O–H groups in total. The van der Waals surface area contributed by atoms with Crippen LogP contribution in [0.15, 0.2) is 36.4 Å². The molecular formula is C18H20ClNO4.